The average Bonchev–Trinajstić information content (AvgIpc) is 3.02. The van der Waals surface area contributed by atoms with Crippen molar-refractivity contribution in [2.75, 3.05) is 37.7 Å². The van der Waals surface area contributed by atoms with Crippen LogP contribution in [0.15, 0.2) is 0 Å². The van der Waals surface area contributed by atoms with Crippen LogP contribution in [0.1, 0.15) is 44.9 Å². The maximum absolute atomic E-state index is 12.3. The summed E-state index contributed by atoms with van der Waals surface area (Å²) in [4.78, 5) is 16.5. The van der Waals surface area contributed by atoms with Crippen molar-refractivity contribution in [2.24, 2.45) is 0 Å². The number of nitrogens with zero attached hydrogens (tertiary/aromatic N) is 2. The summed E-state index contributed by atoms with van der Waals surface area (Å²) in [6.07, 6.45) is 9.02. The number of carbonyl (C=O) groups excluding carboxylic acids is 1. The average molecular weight is 343 g/mol. The van der Waals surface area contributed by atoms with Gasteiger partial charge in [-0.15, -0.1) is 0 Å². The first-order chi connectivity index (χ1) is 11.1. The highest BCUT2D eigenvalue weighted by Gasteiger charge is 2.32. The molecule has 2 saturated heterocycles. The molecule has 2 aliphatic heterocycles. The SMILES string of the molecule is O=C(NCC1CCCN1C1CCCCC1)N1CCS(=O)(=O)CC1. The maximum atomic E-state index is 12.3. The van der Waals surface area contributed by atoms with Crippen LogP contribution in [0.2, 0.25) is 0 Å². The Morgan fingerprint density at radius 2 is 1.65 bits per heavy atom. The Hall–Kier alpha value is -0.820. The molecule has 23 heavy (non-hydrogen) atoms. The molecule has 3 fully saturated rings. The maximum Gasteiger partial charge on any atom is 0.317 e. The van der Waals surface area contributed by atoms with Gasteiger partial charge in [0.25, 0.3) is 0 Å². The summed E-state index contributed by atoms with van der Waals surface area (Å²) in [6.45, 7) is 2.50. The number of nitrogens with one attached hydrogen (secondary N) is 1. The second kappa shape index (κ2) is 7.38. The van der Waals surface area contributed by atoms with Gasteiger partial charge in [-0.2, -0.15) is 0 Å². The predicted octanol–water partition coefficient (Wildman–Crippen LogP) is 1.22. The van der Waals surface area contributed by atoms with Gasteiger partial charge in [0, 0.05) is 31.7 Å². The Balaban J connectivity index is 1.46. The van der Waals surface area contributed by atoms with E-state index in [1.807, 2.05) is 0 Å². The molecule has 1 saturated carbocycles. The third-order valence-corrected chi connectivity index (χ3v) is 7.20. The third kappa shape index (κ3) is 4.38. The van der Waals surface area contributed by atoms with Crippen molar-refractivity contribution >= 4 is 15.9 Å². The van der Waals surface area contributed by atoms with Gasteiger partial charge in [0.2, 0.25) is 0 Å². The van der Waals surface area contributed by atoms with E-state index in [4.69, 9.17) is 0 Å². The molecular formula is C16H29N3O3S. The molecule has 0 bridgehead atoms. The molecule has 1 aliphatic carbocycles. The molecule has 2 amide bonds. The summed E-state index contributed by atoms with van der Waals surface area (Å²) in [5.41, 5.74) is 0. The Bertz CT molecular complexity index is 503. The van der Waals surface area contributed by atoms with Gasteiger partial charge in [-0.3, -0.25) is 4.90 Å². The lowest BCUT2D eigenvalue weighted by molar-refractivity contribution is 0.138. The lowest BCUT2D eigenvalue weighted by Gasteiger charge is -2.36. The molecule has 3 rings (SSSR count). The number of urea groups is 1. The molecule has 0 radical (unpaired) electrons. The first-order valence-electron chi connectivity index (χ1n) is 9.04. The third-order valence-electron chi connectivity index (χ3n) is 5.59. The quantitative estimate of drug-likeness (QED) is 0.837. The topological polar surface area (TPSA) is 69.7 Å². The van der Waals surface area contributed by atoms with Gasteiger partial charge >= 0.3 is 6.03 Å². The van der Waals surface area contributed by atoms with Crippen LogP contribution < -0.4 is 5.32 Å². The van der Waals surface area contributed by atoms with Crippen molar-refractivity contribution in [2.45, 2.75) is 57.0 Å². The molecule has 0 spiro atoms. The van der Waals surface area contributed by atoms with Gasteiger partial charge in [-0.1, -0.05) is 19.3 Å². The van der Waals surface area contributed by atoms with Crippen molar-refractivity contribution < 1.29 is 13.2 Å². The van der Waals surface area contributed by atoms with Crippen LogP contribution in [0.25, 0.3) is 0 Å². The van der Waals surface area contributed by atoms with Crippen LogP contribution in [0.4, 0.5) is 4.79 Å². The molecule has 6 nitrogen and oxygen atoms in total. The van der Waals surface area contributed by atoms with Crippen LogP contribution in [0.5, 0.6) is 0 Å². The molecule has 132 valence electrons. The van der Waals surface area contributed by atoms with Crippen molar-refractivity contribution in [3.05, 3.63) is 0 Å². The van der Waals surface area contributed by atoms with E-state index in [1.54, 1.807) is 4.90 Å². The Labute approximate surface area is 139 Å². The minimum Gasteiger partial charge on any atom is -0.336 e. The Morgan fingerprint density at radius 3 is 2.35 bits per heavy atom. The van der Waals surface area contributed by atoms with E-state index < -0.39 is 9.84 Å². The smallest absolute Gasteiger partial charge is 0.317 e. The van der Waals surface area contributed by atoms with Crippen LogP contribution in [0.3, 0.4) is 0 Å². The summed E-state index contributed by atoms with van der Waals surface area (Å²) in [6, 6.07) is 1.05. The highest BCUT2D eigenvalue weighted by atomic mass is 32.2. The lowest BCUT2D eigenvalue weighted by atomic mass is 9.94. The Morgan fingerprint density at radius 1 is 0.957 bits per heavy atom. The first-order valence-corrected chi connectivity index (χ1v) is 10.9. The largest absolute Gasteiger partial charge is 0.336 e. The Kier molecular flexibility index (Phi) is 5.46. The number of likely N-dealkylation sites (tertiary alicyclic amines) is 1. The van der Waals surface area contributed by atoms with Gasteiger partial charge in [-0.25, -0.2) is 13.2 Å². The van der Waals surface area contributed by atoms with Crippen molar-refractivity contribution in [1.82, 2.24) is 15.1 Å². The van der Waals surface area contributed by atoms with Gasteiger partial charge in [0.1, 0.15) is 0 Å². The molecule has 0 aromatic carbocycles. The number of hydrogen-bond donors (Lipinski definition) is 1. The van der Waals surface area contributed by atoms with E-state index in [2.05, 4.69) is 10.2 Å². The van der Waals surface area contributed by atoms with Crippen LogP contribution >= 0.6 is 0 Å². The zero-order chi connectivity index (χ0) is 16.3. The predicted molar refractivity (Wildman–Crippen MR) is 90.2 cm³/mol. The van der Waals surface area contributed by atoms with Gasteiger partial charge in [0.05, 0.1) is 11.5 Å². The minimum atomic E-state index is -2.93. The van der Waals surface area contributed by atoms with Crippen LogP contribution in [-0.2, 0) is 9.84 Å². The van der Waals surface area contributed by atoms with E-state index in [9.17, 15) is 13.2 Å². The number of hydrogen-bond acceptors (Lipinski definition) is 4. The summed E-state index contributed by atoms with van der Waals surface area (Å²) >= 11 is 0. The summed E-state index contributed by atoms with van der Waals surface area (Å²) in [5.74, 6) is 0.191. The van der Waals surface area contributed by atoms with Gasteiger partial charge < -0.3 is 10.2 Å². The zero-order valence-corrected chi connectivity index (χ0v) is 14.7. The lowest BCUT2D eigenvalue weighted by Crippen LogP contribution is -2.51. The monoisotopic (exact) mass is 343 g/mol. The van der Waals surface area contributed by atoms with E-state index in [1.165, 1.54) is 38.5 Å². The second-order valence-electron chi connectivity index (χ2n) is 7.15. The zero-order valence-electron chi connectivity index (χ0n) is 13.9. The number of rotatable bonds is 3. The normalized spacial score (nSPS) is 29.6. The molecule has 1 N–H and O–H groups in total. The van der Waals surface area contributed by atoms with E-state index in [0.717, 1.165) is 13.0 Å². The minimum absolute atomic E-state index is 0.0953. The molecular weight excluding hydrogens is 314 g/mol. The van der Waals surface area contributed by atoms with Crippen LogP contribution in [0, 0.1) is 0 Å². The van der Waals surface area contributed by atoms with Crippen LogP contribution in [-0.4, -0.2) is 74.0 Å². The molecule has 2 heterocycles. The fourth-order valence-corrected chi connectivity index (χ4v) is 5.40. The molecule has 0 aromatic rings. The van der Waals surface area contributed by atoms with E-state index in [-0.39, 0.29) is 17.5 Å². The fourth-order valence-electron chi connectivity index (χ4n) is 4.20. The number of carbonyl (C=O) groups is 1. The van der Waals surface area contributed by atoms with Crippen molar-refractivity contribution in [1.29, 1.82) is 0 Å². The number of amides is 2. The van der Waals surface area contributed by atoms with Gasteiger partial charge in [-0.05, 0) is 32.2 Å². The standard InChI is InChI=1S/C16H29N3O3S/c20-16(18-9-11-23(21,22)12-10-18)17-13-15-7-4-8-19(15)14-5-2-1-3-6-14/h14-15H,1-13H2,(H,17,20). The van der Waals surface area contributed by atoms with Gasteiger partial charge in [0.15, 0.2) is 9.84 Å². The first kappa shape index (κ1) is 17.0. The number of sulfone groups is 1. The van der Waals surface area contributed by atoms with E-state index >= 15 is 0 Å². The van der Waals surface area contributed by atoms with Crippen molar-refractivity contribution in [3.8, 4) is 0 Å². The summed E-state index contributed by atoms with van der Waals surface area (Å²) in [5, 5.41) is 3.04. The van der Waals surface area contributed by atoms with Crippen molar-refractivity contribution in [3.63, 3.8) is 0 Å². The summed E-state index contributed by atoms with van der Waals surface area (Å²) < 4.78 is 22.9. The fraction of sp³-hybridized carbons (Fsp3) is 0.938. The molecule has 0 aromatic heterocycles. The highest BCUT2D eigenvalue weighted by Crippen LogP contribution is 2.28. The van der Waals surface area contributed by atoms with E-state index in [0.29, 0.717) is 31.7 Å². The molecule has 3 aliphatic rings. The molecule has 7 heteroatoms. The highest BCUT2D eigenvalue weighted by molar-refractivity contribution is 7.91. The second-order valence-corrected chi connectivity index (χ2v) is 9.45. The molecule has 1 unspecified atom stereocenters. The summed E-state index contributed by atoms with van der Waals surface area (Å²) in [7, 11) is -2.93. The molecule has 1 atom stereocenters.